The fourth-order valence-electron chi connectivity index (χ4n) is 1.76. The zero-order valence-electron chi connectivity index (χ0n) is 12.5. The van der Waals surface area contributed by atoms with E-state index in [4.69, 9.17) is 9.47 Å². The van der Waals surface area contributed by atoms with E-state index in [0.717, 1.165) is 0 Å². The molecule has 0 heterocycles. The van der Waals surface area contributed by atoms with Crippen molar-refractivity contribution in [1.29, 1.82) is 0 Å². The minimum absolute atomic E-state index is 0.315. The summed E-state index contributed by atoms with van der Waals surface area (Å²) in [6, 6.07) is 15.8. The highest BCUT2D eigenvalue weighted by atomic mass is 16.5. The molecule has 0 aliphatic heterocycles. The largest absolute Gasteiger partial charge is 0.457 e. The molecule has 0 fully saturated rings. The van der Waals surface area contributed by atoms with Crippen LogP contribution in [0.5, 0.6) is 11.5 Å². The number of hydrogen-bond acceptors (Lipinski definition) is 4. The van der Waals surface area contributed by atoms with Gasteiger partial charge < -0.3 is 14.8 Å². The highest BCUT2D eigenvalue weighted by Gasteiger charge is 2.11. The molecule has 23 heavy (non-hydrogen) atoms. The van der Waals surface area contributed by atoms with Gasteiger partial charge in [-0.1, -0.05) is 30.3 Å². The molecule has 2 rings (SSSR count). The number of nitrogens with one attached hydrogen (secondary N) is 1. The smallest absolute Gasteiger partial charge is 0.338 e. The van der Waals surface area contributed by atoms with Gasteiger partial charge in [-0.2, -0.15) is 0 Å². The summed E-state index contributed by atoms with van der Waals surface area (Å²) >= 11 is 0. The topological polar surface area (TPSA) is 64.6 Å². The third kappa shape index (κ3) is 5.32. The van der Waals surface area contributed by atoms with Crippen molar-refractivity contribution < 1.29 is 19.1 Å². The number of esters is 1. The Morgan fingerprint density at radius 3 is 2.52 bits per heavy atom. The summed E-state index contributed by atoms with van der Waals surface area (Å²) in [5, 5.41) is 2.52. The first-order chi connectivity index (χ1) is 11.2. The van der Waals surface area contributed by atoms with Gasteiger partial charge in [0.05, 0.1) is 5.56 Å². The minimum Gasteiger partial charge on any atom is -0.457 e. The standard InChI is InChI=1S/C18H17NO4/c1-2-11-19-17(20)13-22-18(21)14-7-6-10-16(12-14)23-15-8-4-3-5-9-15/h2-10,12H,1,11,13H2,(H,19,20). The van der Waals surface area contributed by atoms with Crippen LogP contribution in [0.15, 0.2) is 67.3 Å². The van der Waals surface area contributed by atoms with Crippen LogP contribution in [0.1, 0.15) is 10.4 Å². The van der Waals surface area contributed by atoms with E-state index >= 15 is 0 Å². The van der Waals surface area contributed by atoms with E-state index in [1.807, 2.05) is 30.3 Å². The molecule has 1 N–H and O–H groups in total. The number of rotatable bonds is 7. The first-order valence-electron chi connectivity index (χ1n) is 7.06. The average Bonchev–Trinajstić information content (AvgIpc) is 2.59. The SMILES string of the molecule is C=CCNC(=O)COC(=O)c1cccc(Oc2ccccc2)c1. The molecular formula is C18H17NO4. The number of carbonyl (C=O) groups excluding carboxylic acids is 2. The lowest BCUT2D eigenvalue weighted by Gasteiger charge is -2.08. The summed E-state index contributed by atoms with van der Waals surface area (Å²) in [5.74, 6) is 0.218. The van der Waals surface area contributed by atoms with Gasteiger partial charge in [0.1, 0.15) is 11.5 Å². The van der Waals surface area contributed by atoms with Gasteiger partial charge in [-0.25, -0.2) is 4.79 Å². The number of para-hydroxylation sites is 1. The normalized spacial score (nSPS) is 9.74. The highest BCUT2D eigenvalue weighted by molar-refractivity contribution is 5.91. The van der Waals surface area contributed by atoms with E-state index in [-0.39, 0.29) is 12.5 Å². The van der Waals surface area contributed by atoms with Gasteiger partial charge >= 0.3 is 5.97 Å². The molecule has 0 saturated carbocycles. The molecule has 0 saturated heterocycles. The average molecular weight is 311 g/mol. The molecule has 5 heteroatoms. The molecule has 118 valence electrons. The monoisotopic (exact) mass is 311 g/mol. The van der Waals surface area contributed by atoms with E-state index in [9.17, 15) is 9.59 Å². The molecule has 0 unspecified atom stereocenters. The lowest BCUT2D eigenvalue weighted by Crippen LogP contribution is -2.28. The predicted octanol–water partition coefficient (Wildman–Crippen LogP) is 2.94. The van der Waals surface area contributed by atoms with Crippen LogP contribution in [-0.2, 0) is 9.53 Å². The maximum absolute atomic E-state index is 11.9. The van der Waals surface area contributed by atoms with Crippen LogP contribution in [0.2, 0.25) is 0 Å². The van der Waals surface area contributed by atoms with Crippen LogP contribution in [-0.4, -0.2) is 25.0 Å². The quantitative estimate of drug-likeness (QED) is 0.631. The molecule has 0 bridgehead atoms. The summed E-state index contributed by atoms with van der Waals surface area (Å²) in [4.78, 5) is 23.3. The Hall–Kier alpha value is -3.08. The van der Waals surface area contributed by atoms with Crippen molar-refractivity contribution in [1.82, 2.24) is 5.32 Å². The lowest BCUT2D eigenvalue weighted by molar-refractivity contribution is -0.124. The van der Waals surface area contributed by atoms with Crippen LogP contribution < -0.4 is 10.1 Å². The molecule has 0 aliphatic rings. The van der Waals surface area contributed by atoms with E-state index < -0.39 is 5.97 Å². The summed E-state index contributed by atoms with van der Waals surface area (Å²) < 4.78 is 10.6. The maximum atomic E-state index is 11.9. The first kappa shape index (κ1) is 16.3. The number of ether oxygens (including phenoxy) is 2. The van der Waals surface area contributed by atoms with Gasteiger partial charge in [0.2, 0.25) is 0 Å². The van der Waals surface area contributed by atoms with Crippen LogP contribution in [0, 0.1) is 0 Å². The Morgan fingerprint density at radius 2 is 1.78 bits per heavy atom. The maximum Gasteiger partial charge on any atom is 0.338 e. The van der Waals surface area contributed by atoms with Crippen LogP contribution >= 0.6 is 0 Å². The summed E-state index contributed by atoms with van der Waals surface area (Å²) in [7, 11) is 0. The van der Waals surface area contributed by atoms with Gasteiger partial charge in [-0.3, -0.25) is 4.79 Å². The van der Waals surface area contributed by atoms with Gasteiger partial charge in [0, 0.05) is 6.54 Å². The second-order valence-electron chi connectivity index (χ2n) is 4.61. The van der Waals surface area contributed by atoms with E-state index in [1.54, 1.807) is 30.3 Å². The Kier molecular flexibility index (Phi) is 5.94. The molecule has 0 aromatic heterocycles. The molecule has 2 aromatic carbocycles. The third-order valence-electron chi connectivity index (χ3n) is 2.83. The molecule has 0 aliphatic carbocycles. The molecule has 0 radical (unpaired) electrons. The van der Waals surface area contributed by atoms with Gasteiger partial charge in [0.25, 0.3) is 5.91 Å². The van der Waals surface area contributed by atoms with E-state index in [0.29, 0.717) is 23.6 Å². The second kappa shape index (κ2) is 8.38. The molecule has 0 spiro atoms. The third-order valence-corrected chi connectivity index (χ3v) is 2.83. The van der Waals surface area contributed by atoms with Gasteiger partial charge in [-0.05, 0) is 30.3 Å². The van der Waals surface area contributed by atoms with Crippen LogP contribution in [0.3, 0.4) is 0 Å². The Bertz CT molecular complexity index is 682. The number of benzene rings is 2. The van der Waals surface area contributed by atoms with Crippen molar-refractivity contribution >= 4 is 11.9 Å². The minimum atomic E-state index is -0.586. The lowest BCUT2D eigenvalue weighted by atomic mass is 10.2. The summed E-state index contributed by atoms with van der Waals surface area (Å²) in [6.45, 7) is 3.48. The second-order valence-corrected chi connectivity index (χ2v) is 4.61. The van der Waals surface area contributed by atoms with Crippen molar-refractivity contribution in [3.63, 3.8) is 0 Å². The van der Waals surface area contributed by atoms with E-state index in [1.165, 1.54) is 0 Å². The zero-order valence-corrected chi connectivity index (χ0v) is 12.5. The van der Waals surface area contributed by atoms with Crippen LogP contribution in [0.25, 0.3) is 0 Å². The highest BCUT2D eigenvalue weighted by Crippen LogP contribution is 2.22. The number of amides is 1. The predicted molar refractivity (Wildman–Crippen MR) is 86.4 cm³/mol. The van der Waals surface area contributed by atoms with Crippen LogP contribution in [0.4, 0.5) is 0 Å². The van der Waals surface area contributed by atoms with E-state index in [2.05, 4.69) is 11.9 Å². The Labute approximate surface area is 134 Å². The molecular weight excluding hydrogens is 294 g/mol. The van der Waals surface area contributed by atoms with Crippen molar-refractivity contribution in [3.05, 3.63) is 72.8 Å². The van der Waals surface area contributed by atoms with Crippen molar-refractivity contribution in [2.24, 2.45) is 0 Å². The molecule has 5 nitrogen and oxygen atoms in total. The van der Waals surface area contributed by atoms with Crippen molar-refractivity contribution in [2.75, 3.05) is 13.2 Å². The zero-order chi connectivity index (χ0) is 16.5. The van der Waals surface area contributed by atoms with Gasteiger partial charge in [0.15, 0.2) is 6.61 Å². The molecule has 1 amide bonds. The first-order valence-corrected chi connectivity index (χ1v) is 7.06. The Balaban J connectivity index is 1.94. The summed E-state index contributed by atoms with van der Waals surface area (Å²) in [5.41, 5.74) is 0.315. The van der Waals surface area contributed by atoms with Gasteiger partial charge in [-0.15, -0.1) is 6.58 Å². The fourth-order valence-corrected chi connectivity index (χ4v) is 1.76. The number of carbonyl (C=O) groups is 2. The molecule has 2 aromatic rings. The summed E-state index contributed by atoms with van der Waals surface area (Å²) in [6.07, 6.45) is 1.55. The Morgan fingerprint density at radius 1 is 1.04 bits per heavy atom. The fraction of sp³-hybridized carbons (Fsp3) is 0.111. The molecule has 0 atom stereocenters. The number of hydrogen-bond donors (Lipinski definition) is 1. The van der Waals surface area contributed by atoms with Crippen molar-refractivity contribution in [3.8, 4) is 11.5 Å². The van der Waals surface area contributed by atoms with Crippen molar-refractivity contribution in [2.45, 2.75) is 0 Å².